The minimum absolute atomic E-state index is 0.0108. The molecular formula is C103H147IN8O31S3. The lowest BCUT2D eigenvalue weighted by atomic mass is 9.72. The number of halogens is 1. The van der Waals surface area contributed by atoms with E-state index in [9.17, 15) is 83.1 Å². The highest BCUT2D eigenvalue weighted by molar-refractivity contribution is 14.1. The van der Waals surface area contributed by atoms with Gasteiger partial charge in [0.25, 0.3) is 0 Å². The number of fused-ring (bicyclic) bond motifs is 2. The van der Waals surface area contributed by atoms with E-state index in [0.29, 0.717) is 124 Å². The molecule has 13 N–H and O–H groups in total. The number of rotatable bonds is 57. The smallest absolute Gasteiger partial charge is 0.407 e. The number of hydrogen-bond donors (Lipinski definition) is 12. The summed E-state index contributed by atoms with van der Waals surface area (Å²) in [7, 11) is 5.71. The van der Waals surface area contributed by atoms with Gasteiger partial charge in [0, 0.05) is 148 Å². The van der Waals surface area contributed by atoms with Gasteiger partial charge in [-0.15, -0.1) is 0 Å². The molecule has 2 aromatic rings. The molecule has 5 aliphatic heterocycles. The number of carbonyl (C=O) groups is 12. The van der Waals surface area contributed by atoms with Gasteiger partial charge in [-0.1, -0.05) is 109 Å². The molecule has 0 radical (unpaired) electrons. The van der Waals surface area contributed by atoms with Crippen LogP contribution in [0.1, 0.15) is 212 Å². The Bertz CT molecular complexity index is 5010. The average Bonchev–Trinajstić information content (AvgIpc) is 0.876. The number of ketones is 4. The number of unbranched alkanes of at least 4 members (excludes halogenated alkanes) is 2. The molecule has 43 heteroatoms. The molecular weight excluding hydrogens is 2070 g/mol. The number of carbonyl (C=O) groups excluding carboxylic acids is 12. The van der Waals surface area contributed by atoms with Crippen molar-refractivity contribution in [2.75, 3.05) is 97.7 Å². The largest absolute Gasteiger partial charge is 0.496 e. The zero-order valence-corrected chi connectivity index (χ0v) is 90.5. The summed E-state index contributed by atoms with van der Waals surface area (Å²) in [5, 5.41) is 71.7. The average molecular weight is 2220 g/mol. The van der Waals surface area contributed by atoms with Gasteiger partial charge in [-0.05, 0) is 183 Å². The Labute approximate surface area is 879 Å². The minimum Gasteiger partial charge on any atom is -0.496 e. The number of anilines is 1. The van der Waals surface area contributed by atoms with E-state index in [0.717, 1.165) is 11.8 Å². The first-order chi connectivity index (χ1) is 69.4. The Morgan fingerprint density at radius 2 is 1.42 bits per heavy atom. The lowest BCUT2D eigenvalue weighted by Crippen LogP contribution is -2.64. The second-order valence-electron chi connectivity index (χ2n) is 38.8. The number of nitrogens with two attached hydrogens (primary N) is 1. The van der Waals surface area contributed by atoms with Crippen molar-refractivity contribution in [1.29, 1.82) is 0 Å². The number of hydroxylamine groups is 1. The van der Waals surface area contributed by atoms with Crippen molar-refractivity contribution in [3.05, 3.63) is 85.0 Å². The van der Waals surface area contributed by atoms with Crippen molar-refractivity contribution in [1.82, 2.24) is 31.6 Å². The fourth-order valence-electron chi connectivity index (χ4n) is 17.9. The number of aliphatic hydroxyl groups is 5. The van der Waals surface area contributed by atoms with Gasteiger partial charge >= 0.3 is 12.1 Å². The van der Waals surface area contributed by atoms with Crippen LogP contribution < -0.4 is 47.3 Å². The molecule has 18 unspecified atom stereocenters. The van der Waals surface area contributed by atoms with Crippen molar-refractivity contribution in [3.8, 4) is 35.2 Å². The molecule has 0 saturated carbocycles. The van der Waals surface area contributed by atoms with Crippen molar-refractivity contribution in [2.24, 2.45) is 35.3 Å². The van der Waals surface area contributed by atoms with Crippen LogP contribution in [0.25, 0.3) is 0 Å². The summed E-state index contributed by atoms with van der Waals surface area (Å²) in [6.45, 7) is 25.7. The Kier molecular flexibility index (Phi) is 49.6. The summed E-state index contributed by atoms with van der Waals surface area (Å²) in [5.41, 5.74) is 8.51. The third-order valence-corrected chi connectivity index (χ3v) is 32.1. The molecule has 7 aliphatic rings. The van der Waals surface area contributed by atoms with E-state index in [1.54, 1.807) is 85.7 Å². The number of ether oxygens (including phenoxy) is 13. The molecule has 8 amide bonds. The normalized spacial score (nSPS) is 27.2. The summed E-state index contributed by atoms with van der Waals surface area (Å²) >= 11 is 2.90. The molecule has 22 atom stereocenters. The van der Waals surface area contributed by atoms with Crippen LogP contribution >= 0.6 is 55.9 Å². The zero-order chi connectivity index (χ0) is 107. The van der Waals surface area contributed by atoms with E-state index in [2.05, 4.69) is 55.7 Å². The van der Waals surface area contributed by atoms with E-state index in [1.807, 2.05) is 43.4 Å². The first-order valence-corrected chi connectivity index (χ1v) is 54.2. The lowest BCUT2D eigenvalue weighted by Gasteiger charge is -2.46. The maximum Gasteiger partial charge on any atom is 0.407 e. The fraction of sp³-hybridized carbons (Fsp3) is 0.670. The number of benzene rings is 2. The van der Waals surface area contributed by atoms with Crippen LogP contribution in [-0.2, 0) is 107 Å². The highest BCUT2D eigenvalue weighted by atomic mass is 127. The third kappa shape index (κ3) is 36.3. The number of alkyl carbamates (subject to hydrolysis) is 1. The third-order valence-electron chi connectivity index (χ3n) is 26.2. The number of thioether (sulfide) groups is 1. The molecule has 9 rings (SSSR count). The van der Waals surface area contributed by atoms with E-state index in [-0.39, 0.29) is 188 Å². The van der Waals surface area contributed by atoms with Crippen LogP contribution in [0, 0.1) is 70.7 Å². The Balaban J connectivity index is 0.687. The van der Waals surface area contributed by atoms with Crippen LogP contribution in [0.15, 0.2) is 59.2 Å². The van der Waals surface area contributed by atoms with Gasteiger partial charge in [-0.25, -0.2) is 9.59 Å². The van der Waals surface area contributed by atoms with Gasteiger partial charge in [0.05, 0.1) is 97.4 Å². The number of nitrogens with one attached hydrogen (secondary N) is 6. The van der Waals surface area contributed by atoms with Gasteiger partial charge in [-0.2, -0.15) is 5.48 Å². The predicted octanol–water partition coefficient (Wildman–Crippen LogP) is 8.61. The van der Waals surface area contributed by atoms with E-state index in [1.165, 1.54) is 66.7 Å². The van der Waals surface area contributed by atoms with Crippen molar-refractivity contribution in [3.63, 3.8) is 0 Å². The topological polar surface area (TPSA) is 537 Å². The van der Waals surface area contributed by atoms with Crippen LogP contribution in [-0.4, -0.2) is 307 Å². The van der Waals surface area contributed by atoms with E-state index >= 15 is 0 Å². The number of hydrogen-bond acceptors (Lipinski definition) is 35. The van der Waals surface area contributed by atoms with Crippen LogP contribution in [0.4, 0.5) is 15.3 Å². The standard InChI is InChI=1S/C103H147IN8O31S3/c1-57(2)85(110-78(119)28-20-18-22-40-112-79(120)48-59(4)96(112)125)73(115)52-68(26-23-37-107-100(105)127)95(124)109-70-31-29-67(30-32-70)55-136-101(128)108-39-25-42-133-44-46-134-45-43-132-41-24-38-106-77(118)33-36-102(12,13)146-144-47-34-72-83-71(51-61(6)114)75(117)54-103(72,129)35-21-17-16-19-27-76(83)140-99-93(141-80-49-58(3)69(56-135-80)50-60(5)113)88(122)86(64(9)138-99)111-143-81-53-74(116)94(66(11)137-81)145-97(126)82-62(7)84(104)91(63(8)90(82)130-14)142-98-89(123)92(131-15)87(121)65(10)139-98/h16-17,29-32,34,57-59,64-66,68-69,74,76,80-81,85-89,92-94,98-99,111,116,121-123,129H,18,20,22-26,28,33,36-56H2,1-15H3,(H,106,118)(H,108,128)(H,109,124)(H,110,119)(H3,105,107,127)/b17-16-,72-34-/t58?,59?,64?,65?,66?,68-,69?,74?,76+,80?,81?,85+,86?,87?,88?,89?,92?,93?,94?,98?,99?,103+/m1/s1. The van der Waals surface area contributed by atoms with Crippen molar-refractivity contribution < 1.29 is 149 Å². The highest BCUT2D eigenvalue weighted by Gasteiger charge is 2.53. The minimum atomic E-state index is -2.12. The quantitative estimate of drug-likeness (QED) is 0.00736. The van der Waals surface area contributed by atoms with E-state index < -0.39 is 155 Å². The lowest BCUT2D eigenvalue weighted by molar-refractivity contribution is -0.335. The summed E-state index contributed by atoms with van der Waals surface area (Å²) in [6.07, 6.45) is -9.03. The second kappa shape index (κ2) is 59.7. The van der Waals surface area contributed by atoms with Crippen LogP contribution in [0.2, 0.25) is 0 Å². The second-order valence-corrected chi connectivity index (χ2v) is 44.1. The SMILES string of the molecule is COc1c(C)c(OC2OC(C)C(O)C(OC)C2O)c(I)c(C)c1C(=O)SC1C(O)CC(ONC2C(C)OC(O[C@H]3C#C/C=C\C#C[C@]4(O)CC(=O)C(CC(C)=O)=C3/C4=C/CSSC(C)(C)CCC(=O)NCCCOCCOCCOCCCNC(=O)OCc3ccc(NC(=O)[C@H](CCCNC(N)=O)CC(=O)[C@@H](NC(=O)CCCCCN4C(=O)CC(C)C4=O)C(C)C)cc3)C(OC3CC(C)C(CC(C)=O)CO3)C2O)OC1C. The van der Waals surface area contributed by atoms with Crippen molar-refractivity contribution >= 4 is 132 Å². The van der Waals surface area contributed by atoms with Crippen molar-refractivity contribution in [2.45, 2.75) is 320 Å². The number of amides is 8. The number of methoxy groups -OCH3 is 2. The highest BCUT2D eigenvalue weighted by Crippen LogP contribution is 2.47. The zero-order valence-electron chi connectivity index (χ0n) is 85.9. The molecule has 2 bridgehead atoms. The van der Waals surface area contributed by atoms with Gasteiger partial charge in [0.15, 0.2) is 36.0 Å². The number of imide groups is 1. The van der Waals surface area contributed by atoms with Gasteiger partial charge < -0.3 is 124 Å². The monoisotopic (exact) mass is 2210 g/mol. The molecule has 2 aromatic carbocycles. The van der Waals surface area contributed by atoms with Crippen LogP contribution in [0.3, 0.4) is 0 Å². The number of likely N-dealkylation sites (tertiary alicyclic amines) is 1. The Hall–Kier alpha value is -8.08. The molecule has 2 aliphatic carbocycles. The maximum atomic E-state index is 14.5. The van der Waals surface area contributed by atoms with Gasteiger partial charge in [0.1, 0.15) is 66.3 Å². The molecule has 5 fully saturated rings. The molecule has 0 aromatic heterocycles. The van der Waals surface area contributed by atoms with Crippen LogP contribution in [0.5, 0.6) is 11.5 Å². The first-order valence-electron chi connectivity index (χ1n) is 49.9. The number of nitrogens with zero attached hydrogens (tertiary/aromatic N) is 1. The van der Waals surface area contributed by atoms with Gasteiger partial charge in [0.2, 0.25) is 40.9 Å². The maximum absolute atomic E-state index is 14.5. The van der Waals surface area contributed by atoms with Gasteiger partial charge in [-0.3, -0.25) is 52.9 Å². The molecule has 5 saturated heterocycles. The molecule has 39 nitrogen and oxygen atoms in total. The van der Waals surface area contributed by atoms with E-state index in [4.69, 9.17) is 72.2 Å². The summed E-state index contributed by atoms with van der Waals surface area (Å²) in [6, 6.07) is 3.92. The summed E-state index contributed by atoms with van der Waals surface area (Å²) in [5.74, 6) is 8.23. The number of allylic oxidation sites excluding steroid dienone is 3. The fourth-order valence-corrected chi connectivity index (χ4v) is 22.3. The number of primary amides is 1. The summed E-state index contributed by atoms with van der Waals surface area (Å²) in [4.78, 5) is 164. The molecule has 810 valence electrons. The Morgan fingerprint density at radius 3 is 2.06 bits per heavy atom. The Morgan fingerprint density at radius 1 is 0.740 bits per heavy atom. The first kappa shape index (κ1) is 121. The molecule has 146 heavy (non-hydrogen) atoms. The molecule has 0 spiro atoms. The molecule has 5 heterocycles. The summed E-state index contributed by atoms with van der Waals surface area (Å²) < 4.78 is 78.8. The predicted molar refractivity (Wildman–Crippen MR) is 551 cm³/mol. The number of Topliss-reactive ketones (excluding diaryl/α,β-unsaturated/α-hetero) is 4. The number of aliphatic hydroxyl groups excluding tert-OH is 4. The number of urea groups is 1.